The molecule has 0 fully saturated rings. The van der Waals surface area contributed by atoms with Crippen LogP contribution >= 0.6 is 0 Å². The molecule has 0 bridgehead atoms. The summed E-state index contributed by atoms with van der Waals surface area (Å²) in [5.41, 5.74) is 3.98. The molecule has 10 nitrogen and oxygen atoms in total. The Bertz CT molecular complexity index is 1150. The molecule has 0 saturated carbocycles. The smallest absolute Gasteiger partial charge is 0.387 e. The fourth-order valence-corrected chi connectivity index (χ4v) is 2.52. The van der Waals surface area contributed by atoms with Crippen LogP contribution in [0.1, 0.15) is 15.9 Å². The molecule has 1 aromatic carbocycles. The third kappa shape index (κ3) is 5.35. The van der Waals surface area contributed by atoms with E-state index in [0.717, 1.165) is 10.6 Å². The molecule has 2 N–H and O–H groups in total. The van der Waals surface area contributed by atoms with E-state index in [2.05, 4.69) is 4.74 Å². The predicted molar refractivity (Wildman–Crippen MR) is 105 cm³/mol. The standard InChI is InChI=1S/C19H19F2N3O7/c1-23-16(22)15(17(27)24(2)19(23)28)11(25)9-30-14(26)7-5-10-4-6-12(31-18(20)21)13(8-10)29-3/h4-8,18H,9,22H2,1-3H3/b7-5+. The molecule has 0 unspecified atom stereocenters. The first-order valence-corrected chi connectivity index (χ1v) is 8.63. The van der Waals surface area contributed by atoms with Crippen LogP contribution in [0.2, 0.25) is 0 Å². The normalized spacial score (nSPS) is 11.0. The van der Waals surface area contributed by atoms with Crippen molar-refractivity contribution in [2.24, 2.45) is 14.1 Å². The van der Waals surface area contributed by atoms with Gasteiger partial charge in [0.1, 0.15) is 11.4 Å². The van der Waals surface area contributed by atoms with E-state index in [9.17, 15) is 28.0 Å². The highest BCUT2D eigenvalue weighted by Crippen LogP contribution is 2.29. The fourth-order valence-electron chi connectivity index (χ4n) is 2.52. The summed E-state index contributed by atoms with van der Waals surface area (Å²) in [7, 11) is 3.73. The summed E-state index contributed by atoms with van der Waals surface area (Å²) in [6.45, 7) is -3.81. The van der Waals surface area contributed by atoms with Crippen molar-refractivity contribution < 1.29 is 32.6 Å². The average molecular weight is 439 g/mol. The molecule has 0 aliphatic carbocycles. The maximum absolute atomic E-state index is 12.4. The number of aromatic nitrogens is 2. The fraction of sp³-hybridized carbons (Fsp3) is 0.263. The Morgan fingerprint density at radius 1 is 1.16 bits per heavy atom. The Labute approximate surface area is 174 Å². The largest absolute Gasteiger partial charge is 0.493 e. The number of ether oxygens (including phenoxy) is 3. The van der Waals surface area contributed by atoms with Gasteiger partial charge in [0.05, 0.1) is 7.11 Å². The van der Waals surface area contributed by atoms with Gasteiger partial charge in [-0.15, -0.1) is 0 Å². The second-order valence-corrected chi connectivity index (χ2v) is 6.12. The van der Waals surface area contributed by atoms with E-state index in [0.29, 0.717) is 10.1 Å². The maximum Gasteiger partial charge on any atom is 0.387 e. The Balaban J connectivity index is 2.09. The monoisotopic (exact) mass is 439 g/mol. The molecular formula is C19H19F2N3O7. The number of ketones is 1. The van der Waals surface area contributed by atoms with Crippen LogP contribution in [0.25, 0.3) is 6.08 Å². The summed E-state index contributed by atoms with van der Waals surface area (Å²) in [5.74, 6) is -2.31. The summed E-state index contributed by atoms with van der Waals surface area (Å²) < 4.78 is 40.4. The highest BCUT2D eigenvalue weighted by molar-refractivity contribution is 6.01. The number of nitrogens with zero attached hydrogens (tertiary/aromatic N) is 2. The molecule has 0 aliphatic heterocycles. The number of carbonyl (C=O) groups excluding carboxylic acids is 2. The quantitative estimate of drug-likeness (QED) is 0.362. The highest BCUT2D eigenvalue weighted by atomic mass is 19.3. The van der Waals surface area contributed by atoms with E-state index >= 15 is 0 Å². The molecule has 0 radical (unpaired) electrons. The molecule has 0 spiro atoms. The van der Waals surface area contributed by atoms with E-state index in [4.69, 9.17) is 15.2 Å². The van der Waals surface area contributed by atoms with E-state index in [1.165, 1.54) is 45.5 Å². The predicted octanol–water partition coefficient (Wildman–Crippen LogP) is 0.716. The number of methoxy groups -OCH3 is 1. The molecule has 2 aromatic rings. The van der Waals surface area contributed by atoms with Gasteiger partial charge in [0.25, 0.3) is 5.56 Å². The lowest BCUT2D eigenvalue weighted by Gasteiger charge is -2.10. The molecule has 166 valence electrons. The summed E-state index contributed by atoms with van der Waals surface area (Å²) in [5, 5.41) is 0. The minimum absolute atomic E-state index is 0.0204. The van der Waals surface area contributed by atoms with Crippen LogP contribution in [-0.2, 0) is 23.6 Å². The van der Waals surface area contributed by atoms with E-state index in [1.54, 1.807) is 0 Å². The second kappa shape index (κ2) is 9.69. The number of rotatable bonds is 8. The van der Waals surface area contributed by atoms with Crippen LogP contribution in [0, 0.1) is 0 Å². The molecule has 1 heterocycles. The van der Waals surface area contributed by atoms with Gasteiger partial charge in [0.2, 0.25) is 5.78 Å². The number of hydrogen-bond acceptors (Lipinski definition) is 8. The number of carbonyl (C=O) groups is 2. The van der Waals surface area contributed by atoms with Gasteiger partial charge < -0.3 is 19.9 Å². The van der Waals surface area contributed by atoms with Gasteiger partial charge >= 0.3 is 18.3 Å². The average Bonchev–Trinajstić information content (AvgIpc) is 2.73. The van der Waals surface area contributed by atoms with Crippen molar-refractivity contribution in [3.05, 3.63) is 56.2 Å². The Morgan fingerprint density at radius 2 is 1.84 bits per heavy atom. The molecule has 0 saturated heterocycles. The molecule has 0 atom stereocenters. The number of Topliss-reactive ketones (excluding diaryl/α,β-unsaturated/α-hetero) is 1. The van der Waals surface area contributed by atoms with Crippen LogP contribution in [0.3, 0.4) is 0 Å². The lowest BCUT2D eigenvalue weighted by molar-refractivity contribution is -0.136. The lowest BCUT2D eigenvalue weighted by Crippen LogP contribution is -2.42. The van der Waals surface area contributed by atoms with Crippen molar-refractivity contribution in [3.63, 3.8) is 0 Å². The van der Waals surface area contributed by atoms with Crippen LogP contribution in [0.5, 0.6) is 11.5 Å². The van der Waals surface area contributed by atoms with Crippen molar-refractivity contribution in [1.82, 2.24) is 9.13 Å². The van der Waals surface area contributed by atoms with Crippen molar-refractivity contribution in [2.45, 2.75) is 6.61 Å². The van der Waals surface area contributed by atoms with Gasteiger partial charge in [0, 0.05) is 20.2 Å². The summed E-state index contributed by atoms with van der Waals surface area (Å²) in [6.07, 6.45) is 2.28. The zero-order valence-corrected chi connectivity index (χ0v) is 16.8. The number of alkyl halides is 2. The molecule has 2 rings (SSSR count). The first-order chi connectivity index (χ1) is 14.6. The number of hydrogen-bond donors (Lipinski definition) is 1. The highest BCUT2D eigenvalue weighted by Gasteiger charge is 2.21. The molecule has 0 amide bonds. The number of nitrogens with two attached hydrogens (primary N) is 1. The van der Waals surface area contributed by atoms with Gasteiger partial charge in [-0.25, -0.2) is 9.59 Å². The minimum atomic E-state index is -3.03. The van der Waals surface area contributed by atoms with Crippen molar-refractivity contribution >= 4 is 23.6 Å². The molecule has 0 aliphatic rings. The van der Waals surface area contributed by atoms with Crippen LogP contribution < -0.4 is 26.5 Å². The topological polar surface area (TPSA) is 132 Å². The van der Waals surface area contributed by atoms with Gasteiger partial charge in [-0.05, 0) is 23.8 Å². The van der Waals surface area contributed by atoms with Crippen LogP contribution in [0.15, 0.2) is 33.9 Å². The number of halogens is 2. The Hall–Kier alpha value is -3.96. The summed E-state index contributed by atoms with van der Waals surface area (Å²) >= 11 is 0. The van der Waals surface area contributed by atoms with Crippen molar-refractivity contribution in [3.8, 4) is 11.5 Å². The molecule has 1 aromatic heterocycles. The summed E-state index contributed by atoms with van der Waals surface area (Å²) in [4.78, 5) is 48.1. The molecule has 31 heavy (non-hydrogen) atoms. The number of benzene rings is 1. The third-order valence-electron chi connectivity index (χ3n) is 4.15. The van der Waals surface area contributed by atoms with Gasteiger partial charge in [-0.2, -0.15) is 8.78 Å². The number of esters is 1. The third-order valence-corrected chi connectivity index (χ3v) is 4.15. The first-order valence-electron chi connectivity index (χ1n) is 8.63. The van der Waals surface area contributed by atoms with Crippen LogP contribution in [-0.4, -0.2) is 41.2 Å². The number of anilines is 1. The van der Waals surface area contributed by atoms with Gasteiger partial charge in [-0.1, -0.05) is 6.07 Å². The minimum Gasteiger partial charge on any atom is -0.493 e. The van der Waals surface area contributed by atoms with Gasteiger partial charge in [0.15, 0.2) is 18.1 Å². The lowest BCUT2D eigenvalue weighted by atomic mass is 10.2. The zero-order valence-electron chi connectivity index (χ0n) is 16.8. The van der Waals surface area contributed by atoms with Crippen molar-refractivity contribution in [2.75, 3.05) is 19.5 Å². The summed E-state index contributed by atoms with van der Waals surface area (Å²) in [6, 6.07) is 3.98. The maximum atomic E-state index is 12.4. The molecular weight excluding hydrogens is 420 g/mol. The van der Waals surface area contributed by atoms with Crippen LogP contribution in [0.4, 0.5) is 14.6 Å². The van der Waals surface area contributed by atoms with Gasteiger partial charge in [-0.3, -0.25) is 18.7 Å². The van der Waals surface area contributed by atoms with E-state index < -0.39 is 41.8 Å². The zero-order chi connectivity index (χ0) is 23.3. The van der Waals surface area contributed by atoms with E-state index in [-0.39, 0.29) is 17.3 Å². The van der Waals surface area contributed by atoms with E-state index in [1.807, 2.05) is 0 Å². The SMILES string of the molecule is COc1cc(/C=C/C(=O)OCC(=O)c2c(N)n(C)c(=O)n(C)c2=O)ccc1OC(F)F. The Kier molecular flexibility index (Phi) is 7.29. The molecule has 12 heteroatoms. The first kappa shape index (κ1) is 23.3. The van der Waals surface area contributed by atoms with Crippen molar-refractivity contribution in [1.29, 1.82) is 0 Å². The Morgan fingerprint density at radius 3 is 2.45 bits per heavy atom. The second-order valence-electron chi connectivity index (χ2n) is 6.12. The number of nitrogen functional groups attached to an aromatic ring is 1.